The lowest BCUT2D eigenvalue weighted by Gasteiger charge is -2.40. The van der Waals surface area contributed by atoms with Crippen molar-refractivity contribution in [1.82, 2.24) is 9.80 Å². The van der Waals surface area contributed by atoms with Crippen LogP contribution in [0.1, 0.15) is 12.8 Å². The number of hydrogen-bond donors (Lipinski definition) is 1. The maximum Gasteiger partial charge on any atom is 0.123 e. The Hall–Kier alpha value is -1.21. The van der Waals surface area contributed by atoms with Crippen molar-refractivity contribution < 1.29 is 19.0 Å². The van der Waals surface area contributed by atoms with Gasteiger partial charge in [-0.25, -0.2) is 4.39 Å². The molecule has 2 fully saturated rings. The van der Waals surface area contributed by atoms with Crippen LogP contribution in [0.5, 0.6) is 5.75 Å². The molecule has 0 saturated carbocycles. The van der Waals surface area contributed by atoms with Gasteiger partial charge in [-0.3, -0.25) is 4.90 Å². The van der Waals surface area contributed by atoms with E-state index in [1.165, 1.54) is 12.1 Å². The van der Waals surface area contributed by atoms with Crippen molar-refractivity contribution in [2.75, 3.05) is 52.5 Å². The predicted molar refractivity (Wildman–Crippen MR) is 89.8 cm³/mol. The summed E-state index contributed by atoms with van der Waals surface area (Å²) in [5.41, 5.74) is 0. The van der Waals surface area contributed by atoms with Gasteiger partial charge in [0.2, 0.25) is 0 Å². The van der Waals surface area contributed by atoms with Crippen LogP contribution in [0.25, 0.3) is 0 Å². The highest BCUT2D eigenvalue weighted by atomic mass is 19.1. The van der Waals surface area contributed by atoms with Gasteiger partial charge in [-0.1, -0.05) is 0 Å². The molecular formula is C18H27FN2O3. The zero-order chi connectivity index (χ0) is 16.8. The topological polar surface area (TPSA) is 45.2 Å². The summed E-state index contributed by atoms with van der Waals surface area (Å²) < 4.78 is 23.8. The molecule has 0 radical (unpaired) electrons. The molecule has 2 heterocycles. The van der Waals surface area contributed by atoms with Crippen LogP contribution < -0.4 is 4.74 Å². The first-order valence-electron chi connectivity index (χ1n) is 8.81. The summed E-state index contributed by atoms with van der Waals surface area (Å²) in [6.45, 7) is 6.65. The first-order chi connectivity index (χ1) is 11.7. The van der Waals surface area contributed by atoms with Crippen molar-refractivity contribution in [2.45, 2.75) is 25.0 Å². The molecule has 0 aromatic heterocycles. The van der Waals surface area contributed by atoms with Gasteiger partial charge in [0.1, 0.15) is 24.3 Å². The first-order valence-corrected chi connectivity index (χ1v) is 8.81. The fourth-order valence-electron chi connectivity index (χ4n) is 3.48. The number of hydrogen-bond acceptors (Lipinski definition) is 5. The second kappa shape index (κ2) is 8.76. The molecule has 0 aliphatic carbocycles. The smallest absolute Gasteiger partial charge is 0.123 e. The van der Waals surface area contributed by atoms with E-state index in [1.807, 2.05) is 0 Å². The molecule has 24 heavy (non-hydrogen) atoms. The lowest BCUT2D eigenvalue weighted by atomic mass is 10.0. The van der Waals surface area contributed by atoms with E-state index < -0.39 is 6.10 Å². The summed E-state index contributed by atoms with van der Waals surface area (Å²) in [5, 5.41) is 10.2. The third-order valence-electron chi connectivity index (χ3n) is 4.84. The minimum atomic E-state index is -0.532. The van der Waals surface area contributed by atoms with Crippen LogP contribution in [0.15, 0.2) is 24.3 Å². The highest BCUT2D eigenvalue weighted by Gasteiger charge is 2.26. The predicted octanol–water partition coefficient (Wildman–Crippen LogP) is 1.36. The van der Waals surface area contributed by atoms with Gasteiger partial charge in [0.25, 0.3) is 0 Å². The number of morpholine rings is 1. The maximum absolute atomic E-state index is 12.8. The van der Waals surface area contributed by atoms with E-state index in [0.29, 0.717) is 18.3 Å². The fourth-order valence-corrected chi connectivity index (χ4v) is 3.48. The van der Waals surface area contributed by atoms with Gasteiger partial charge >= 0.3 is 0 Å². The molecule has 5 nitrogen and oxygen atoms in total. The Morgan fingerprint density at radius 2 is 1.79 bits per heavy atom. The SMILES string of the molecule is O[C@@H](COc1ccc(F)cc1)CN1CCC(N2CCOCC2)CC1. The summed E-state index contributed by atoms with van der Waals surface area (Å²) in [6, 6.07) is 6.53. The van der Waals surface area contributed by atoms with Gasteiger partial charge in [0.15, 0.2) is 0 Å². The lowest BCUT2D eigenvalue weighted by Crippen LogP contribution is -2.50. The van der Waals surface area contributed by atoms with E-state index in [4.69, 9.17) is 9.47 Å². The van der Waals surface area contributed by atoms with E-state index >= 15 is 0 Å². The number of halogens is 1. The van der Waals surface area contributed by atoms with Crippen LogP contribution in [0.4, 0.5) is 4.39 Å². The van der Waals surface area contributed by atoms with Gasteiger partial charge in [-0.2, -0.15) is 0 Å². The number of aliphatic hydroxyl groups excluding tert-OH is 1. The summed E-state index contributed by atoms with van der Waals surface area (Å²) in [5.74, 6) is 0.299. The Balaban J connectivity index is 1.35. The van der Waals surface area contributed by atoms with Crippen LogP contribution in [0.3, 0.4) is 0 Å². The minimum Gasteiger partial charge on any atom is -0.491 e. The Morgan fingerprint density at radius 3 is 2.46 bits per heavy atom. The molecule has 6 heteroatoms. The second-order valence-corrected chi connectivity index (χ2v) is 6.60. The second-order valence-electron chi connectivity index (χ2n) is 6.60. The molecule has 1 atom stereocenters. The standard InChI is InChI=1S/C18H27FN2O3/c19-15-1-3-18(4-2-15)24-14-17(22)13-20-7-5-16(6-8-20)21-9-11-23-12-10-21/h1-4,16-17,22H,5-14H2/t17-/m1/s1. The lowest BCUT2D eigenvalue weighted by molar-refractivity contribution is -0.00556. The largest absolute Gasteiger partial charge is 0.491 e. The van der Waals surface area contributed by atoms with Crippen LogP contribution in [0, 0.1) is 5.82 Å². The zero-order valence-corrected chi connectivity index (χ0v) is 14.1. The molecular weight excluding hydrogens is 311 g/mol. The maximum atomic E-state index is 12.8. The summed E-state index contributed by atoms with van der Waals surface area (Å²) in [4.78, 5) is 4.84. The number of ether oxygens (including phenoxy) is 2. The van der Waals surface area contributed by atoms with Gasteiger partial charge in [0, 0.05) is 25.7 Å². The number of β-amino-alcohol motifs (C(OH)–C–C–N with tert-alkyl or cyclic N) is 1. The quantitative estimate of drug-likeness (QED) is 0.849. The third-order valence-corrected chi connectivity index (χ3v) is 4.84. The molecule has 134 valence electrons. The zero-order valence-electron chi connectivity index (χ0n) is 14.1. The minimum absolute atomic E-state index is 0.231. The summed E-state index contributed by atoms with van der Waals surface area (Å²) >= 11 is 0. The molecule has 1 aromatic carbocycles. The van der Waals surface area contributed by atoms with Crippen molar-refractivity contribution >= 4 is 0 Å². The van der Waals surface area contributed by atoms with Crippen molar-refractivity contribution in [3.63, 3.8) is 0 Å². The van der Waals surface area contributed by atoms with Crippen molar-refractivity contribution in [1.29, 1.82) is 0 Å². The molecule has 1 aromatic rings. The average molecular weight is 338 g/mol. The molecule has 0 amide bonds. The van der Waals surface area contributed by atoms with Crippen molar-refractivity contribution in [2.24, 2.45) is 0 Å². The van der Waals surface area contributed by atoms with Crippen LogP contribution in [0.2, 0.25) is 0 Å². The first kappa shape index (κ1) is 17.6. The third kappa shape index (κ3) is 5.14. The van der Waals surface area contributed by atoms with Crippen LogP contribution in [-0.4, -0.2) is 79.6 Å². The highest BCUT2D eigenvalue weighted by Crippen LogP contribution is 2.18. The molecule has 0 spiro atoms. The van der Waals surface area contributed by atoms with Crippen molar-refractivity contribution in [3.8, 4) is 5.75 Å². The number of nitrogens with zero attached hydrogens (tertiary/aromatic N) is 2. The van der Waals surface area contributed by atoms with Gasteiger partial charge < -0.3 is 19.5 Å². The van der Waals surface area contributed by atoms with Crippen molar-refractivity contribution in [3.05, 3.63) is 30.1 Å². The fraction of sp³-hybridized carbons (Fsp3) is 0.667. The Kier molecular flexibility index (Phi) is 6.43. The molecule has 0 bridgehead atoms. The molecule has 1 N–H and O–H groups in total. The highest BCUT2D eigenvalue weighted by molar-refractivity contribution is 5.22. The number of aliphatic hydroxyl groups is 1. The summed E-state index contributed by atoms with van der Waals surface area (Å²) in [7, 11) is 0. The van der Waals surface area contributed by atoms with Crippen LogP contribution in [-0.2, 0) is 4.74 Å². The molecule has 2 aliphatic rings. The number of rotatable bonds is 6. The van der Waals surface area contributed by atoms with Crippen LogP contribution >= 0.6 is 0 Å². The molecule has 2 aliphatic heterocycles. The normalized spacial score (nSPS) is 22.4. The van der Waals surface area contributed by atoms with Gasteiger partial charge in [-0.05, 0) is 50.2 Å². The average Bonchev–Trinajstić information content (AvgIpc) is 2.63. The Morgan fingerprint density at radius 1 is 1.12 bits per heavy atom. The molecule has 3 rings (SSSR count). The van der Waals surface area contributed by atoms with Gasteiger partial charge in [0.05, 0.1) is 13.2 Å². The van der Waals surface area contributed by atoms with E-state index in [9.17, 15) is 9.50 Å². The molecule has 2 saturated heterocycles. The van der Waals surface area contributed by atoms with E-state index in [2.05, 4.69) is 9.80 Å². The van der Waals surface area contributed by atoms with Gasteiger partial charge in [-0.15, -0.1) is 0 Å². The molecule has 0 unspecified atom stereocenters. The van der Waals surface area contributed by atoms with E-state index in [1.54, 1.807) is 12.1 Å². The number of likely N-dealkylation sites (tertiary alicyclic amines) is 1. The Bertz CT molecular complexity index is 486. The monoisotopic (exact) mass is 338 g/mol. The summed E-state index contributed by atoms with van der Waals surface area (Å²) in [6.07, 6.45) is 1.76. The number of piperidine rings is 1. The Labute approximate surface area is 143 Å². The van der Waals surface area contributed by atoms with E-state index in [-0.39, 0.29) is 12.4 Å². The number of benzene rings is 1. The van der Waals surface area contributed by atoms with E-state index in [0.717, 1.165) is 52.2 Å².